The molecule has 4 amide bonds. The highest BCUT2D eigenvalue weighted by Crippen LogP contribution is 2.27. The van der Waals surface area contributed by atoms with Crippen LogP contribution >= 0.6 is 31.9 Å². The van der Waals surface area contributed by atoms with Gasteiger partial charge >= 0.3 is 6.03 Å². The highest BCUT2D eigenvalue weighted by Gasteiger charge is 2.35. The summed E-state index contributed by atoms with van der Waals surface area (Å²) in [6.45, 7) is -0.268. The minimum atomic E-state index is -0.753. The second-order valence-electron chi connectivity index (χ2n) is 7.50. The first-order valence-corrected chi connectivity index (χ1v) is 11.9. The molecule has 1 heterocycles. The number of benzene rings is 3. The summed E-state index contributed by atoms with van der Waals surface area (Å²) >= 11 is 6.80. The Morgan fingerprint density at radius 2 is 1.74 bits per heavy atom. The van der Waals surface area contributed by atoms with Crippen molar-refractivity contribution in [2.24, 2.45) is 0 Å². The molecule has 178 valence electrons. The molecule has 0 atom stereocenters. The number of amides is 4. The summed E-state index contributed by atoms with van der Waals surface area (Å²) in [6.07, 6.45) is 1.48. The number of ether oxygens (including phenoxy) is 1. The van der Waals surface area contributed by atoms with Crippen LogP contribution < -0.4 is 15.4 Å². The van der Waals surface area contributed by atoms with E-state index in [0.29, 0.717) is 17.9 Å². The van der Waals surface area contributed by atoms with Crippen LogP contribution in [0.2, 0.25) is 0 Å². The number of nitrogens with zero attached hydrogens (tertiary/aromatic N) is 1. The van der Waals surface area contributed by atoms with Gasteiger partial charge in [0.1, 0.15) is 30.4 Å². The molecule has 10 heteroatoms. The van der Waals surface area contributed by atoms with Crippen molar-refractivity contribution in [3.8, 4) is 5.75 Å². The Labute approximate surface area is 217 Å². The van der Waals surface area contributed by atoms with Gasteiger partial charge in [0.25, 0.3) is 5.91 Å². The Hall–Kier alpha value is -3.50. The van der Waals surface area contributed by atoms with E-state index >= 15 is 0 Å². The van der Waals surface area contributed by atoms with Crippen LogP contribution in [0.5, 0.6) is 5.75 Å². The number of rotatable bonds is 7. The van der Waals surface area contributed by atoms with Crippen LogP contribution in [-0.4, -0.2) is 29.3 Å². The summed E-state index contributed by atoms with van der Waals surface area (Å²) in [6, 6.07) is 17.8. The van der Waals surface area contributed by atoms with Crippen molar-refractivity contribution in [2.75, 3.05) is 11.9 Å². The van der Waals surface area contributed by atoms with Gasteiger partial charge < -0.3 is 15.4 Å². The molecule has 1 fully saturated rings. The highest BCUT2D eigenvalue weighted by atomic mass is 79.9. The highest BCUT2D eigenvalue weighted by molar-refractivity contribution is 9.10. The Morgan fingerprint density at radius 3 is 2.49 bits per heavy atom. The first-order chi connectivity index (χ1) is 16.8. The molecule has 0 aromatic heterocycles. The summed E-state index contributed by atoms with van der Waals surface area (Å²) in [7, 11) is 0. The first kappa shape index (κ1) is 24.6. The lowest BCUT2D eigenvalue weighted by Crippen LogP contribution is -2.38. The minimum absolute atomic E-state index is 0.0136. The molecule has 0 unspecified atom stereocenters. The van der Waals surface area contributed by atoms with Crippen molar-refractivity contribution in [3.63, 3.8) is 0 Å². The first-order valence-electron chi connectivity index (χ1n) is 10.4. The van der Waals surface area contributed by atoms with E-state index in [9.17, 15) is 18.8 Å². The molecule has 0 saturated carbocycles. The summed E-state index contributed by atoms with van der Waals surface area (Å²) in [5.74, 6) is -1.51. The van der Waals surface area contributed by atoms with E-state index in [1.165, 1.54) is 24.3 Å². The predicted molar refractivity (Wildman–Crippen MR) is 136 cm³/mol. The van der Waals surface area contributed by atoms with Gasteiger partial charge in [-0.25, -0.2) is 14.1 Å². The van der Waals surface area contributed by atoms with Crippen LogP contribution in [0, 0.1) is 5.82 Å². The second-order valence-corrected chi connectivity index (χ2v) is 9.34. The van der Waals surface area contributed by atoms with E-state index in [1.54, 1.807) is 24.3 Å². The molecule has 0 radical (unpaired) electrons. The van der Waals surface area contributed by atoms with Crippen LogP contribution in [0.1, 0.15) is 11.1 Å². The molecule has 2 N–H and O–H groups in total. The molecule has 3 aromatic rings. The fraction of sp³-hybridized carbons (Fsp3) is 0.0800. The van der Waals surface area contributed by atoms with Gasteiger partial charge in [-0.15, -0.1) is 0 Å². The smallest absolute Gasteiger partial charge is 0.329 e. The maximum atomic E-state index is 13.8. The molecule has 3 aromatic carbocycles. The number of imide groups is 1. The lowest BCUT2D eigenvalue weighted by molar-refractivity contribution is -0.127. The van der Waals surface area contributed by atoms with Gasteiger partial charge in [0.05, 0.1) is 5.69 Å². The van der Waals surface area contributed by atoms with E-state index in [4.69, 9.17) is 4.74 Å². The molecular formula is C25H18Br2FN3O4. The average molecular weight is 603 g/mol. The van der Waals surface area contributed by atoms with Gasteiger partial charge in [0, 0.05) is 14.5 Å². The zero-order valence-corrected chi connectivity index (χ0v) is 21.2. The summed E-state index contributed by atoms with van der Waals surface area (Å²) in [5, 5.41) is 4.84. The Kier molecular flexibility index (Phi) is 7.62. The number of hydrogen-bond donors (Lipinski definition) is 2. The number of carbonyl (C=O) groups excluding carboxylic acids is 3. The zero-order chi connectivity index (χ0) is 24.9. The number of halogens is 3. The monoisotopic (exact) mass is 601 g/mol. The van der Waals surface area contributed by atoms with E-state index < -0.39 is 30.2 Å². The largest absolute Gasteiger partial charge is 0.488 e. The van der Waals surface area contributed by atoms with E-state index in [-0.39, 0.29) is 11.4 Å². The third-order valence-electron chi connectivity index (χ3n) is 4.99. The standard InChI is InChI=1S/C25H18Br2FN3O4/c26-17-7-5-15(6-8-17)14-35-22-10-9-18(27)11-16(22)12-21-24(33)31(25(34)30-21)13-23(32)29-20-4-2-1-3-19(20)28/h1-12H,13-14H2,(H,29,32)(H,30,34)/b21-12+. The van der Waals surface area contributed by atoms with Crippen molar-refractivity contribution in [2.45, 2.75) is 6.61 Å². The molecular weight excluding hydrogens is 585 g/mol. The summed E-state index contributed by atoms with van der Waals surface area (Å²) < 4.78 is 21.4. The zero-order valence-electron chi connectivity index (χ0n) is 18.1. The van der Waals surface area contributed by atoms with Crippen LogP contribution in [0.4, 0.5) is 14.9 Å². The fourth-order valence-corrected chi connectivity index (χ4v) is 3.92. The van der Waals surface area contributed by atoms with Crippen molar-refractivity contribution in [3.05, 3.63) is 98.3 Å². The second kappa shape index (κ2) is 10.8. The topological polar surface area (TPSA) is 87.7 Å². The number of anilines is 1. The maximum absolute atomic E-state index is 13.8. The predicted octanol–water partition coefficient (Wildman–Crippen LogP) is 5.46. The van der Waals surface area contributed by atoms with E-state index in [2.05, 4.69) is 42.5 Å². The third kappa shape index (κ3) is 6.14. The number of hydrogen-bond acceptors (Lipinski definition) is 4. The SMILES string of the molecule is O=C(CN1C(=O)N/C(=C/c2cc(Br)ccc2OCc2ccc(Br)cc2)C1=O)Nc1ccccc1F. The lowest BCUT2D eigenvalue weighted by Gasteiger charge is -2.12. The van der Waals surface area contributed by atoms with Crippen LogP contribution in [-0.2, 0) is 16.2 Å². The van der Waals surface area contributed by atoms with Gasteiger partial charge in [-0.2, -0.15) is 0 Å². The summed E-state index contributed by atoms with van der Waals surface area (Å²) in [5.41, 5.74) is 1.45. The van der Waals surface area contributed by atoms with Crippen molar-refractivity contribution in [1.29, 1.82) is 0 Å². The fourth-order valence-electron chi connectivity index (χ4n) is 3.27. The number of nitrogens with one attached hydrogen (secondary N) is 2. The van der Waals surface area contributed by atoms with Gasteiger partial charge in [-0.1, -0.05) is 56.1 Å². The number of urea groups is 1. The van der Waals surface area contributed by atoms with Crippen LogP contribution in [0.3, 0.4) is 0 Å². The van der Waals surface area contributed by atoms with E-state index in [1.807, 2.05) is 24.3 Å². The Balaban J connectivity index is 1.48. The molecule has 0 spiro atoms. The normalized spacial score (nSPS) is 14.3. The van der Waals surface area contributed by atoms with Crippen molar-refractivity contribution in [1.82, 2.24) is 10.2 Å². The van der Waals surface area contributed by atoms with Crippen LogP contribution in [0.15, 0.2) is 81.4 Å². The van der Waals surface area contributed by atoms with Gasteiger partial charge in [0.15, 0.2) is 0 Å². The Morgan fingerprint density at radius 1 is 1.03 bits per heavy atom. The average Bonchev–Trinajstić information content (AvgIpc) is 3.08. The molecule has 35 heavy (non-hydrogen) atoms. The van der Waals surface area contributed by atoms with Crippen LogP contribution in [0.25, 0.3) is 6.08 Å². The molecule has 0 bridgehead atoms. The lowest BCUT2D eigenvalue weighted by atomic mass is 10.1. The van der Waals surface area contributed by atoms with E-state index in [0.717, 1.165) is 19.4 Å². The molecule has 1 saturated heterocycles. The summed E-state index contributed by atoms with van der Waals surface area (Å²) in [4.78, 5) is 38.3. The quantitative estimate of drug-likeness (QED) is 0.278. The third-order valence-corrected chi connectivity index (χ3v) is 6.01. The number of para-hydroxylation sites is 1. The van der Waals surface area contributed by atoms with Gasteiger partial charge in [0.2, 0.25) is 5.91 Å². The Bertz CT molecular complexity index is 1330. The molecule has 0 aliphatic carbocycles. The van der Waals surface area contributed by atoms with Gasteiger partial charge in [-0.05, 0) is 54.1 Å². The van der Waals surface area contributed by atoms with Crippen molar-refractivity contribution >= 4 is 61.5 Å². The molecule has 1 aliphatic heterocycles. The molecule has 4 rings (SSSR count). The number of carbonyl (C=O) groups is 3. The maximum Gasteiger partial charge on any atom is 0.329 e. The molecule has 1 aliphatic rings. The minimum Gasteiger partial charge on any atom is -0.488 e. The molecule has 7 nitrogen and oxygen atoms in total. The van der Waals surface area contributed by atoms with Gasteiger partial charge in [-0.3, -0.25) is 9.59 Å². The van der Waals surface area contributed by atoms with Crippen molar-refractivity contribution < 1.29 is 23.5 Å².